The van der Waals surface area contributed by atoms with Crippen molar-refractivity contribution in [3.8, 4) is 0 Å². The molecule has 2 atom stereocenters. The summed E-state index contributed by atoms with van der Waals surface area (Å²) in [4.78, 5) is 2.51. The molecule has 0 radical (unpaired) electrons. The second kappa shape index (κ2) is 4.77. The first kappa shape index (κ1) is 10.7. The number of hydrogen-bond acceptors (Lipinski definition) is 2. The van der Waals surface area contributed by atoms with Gasteiger partial charge in [0.25, 0.3) is 0 Å². The van der Waals surface area contributed by atoms with Crippen LogP contribution in [0.4, 0.5) is 0 Å². The lowest BCUT2D eigenvalue weighted by Gasteiger charge is -2.31. The molecule has 2 nitrogen and oxygen atoms in total. The lowest BCUT2D eigenvalue weighted by molar-refractivity contribution is 0.219. The maximum absolute atomic E-state index is 6.11. The van der Waals surface area contributed by atoms with Crippen LogP contribution in [0.25, 0.3) is 0 Å². The molecule has 1 aromatic carbocycles. The van der Waals surface area contributed by atoms with Crippen molar-refractivity contribution in [3.63, 3.8) is 0 Å². The van der Waals surface area contributed by atoms with Crippen molar-refractivity contribution >= 4 is 0 Å². The highest BCUT2D eigenvalue weighted by molar-refractivity contribution is 5.20. The van der Waals surface area contributed by atoms with E-state index in [-0.39, 0.29) is 6.04 Å². The quantitative estimate of drug-likeness (QED) is 0.817. The Labute approximate surface area is 92.1 Å². The van der Waals surface area contributed by atoms with Crippen molar-refractivity contribution in [2.24, 2.45) is 5.73 Å². The standard InChI is InChI=1S/C13H20N2/c1-11(14)13(15-9-5-6-10-15)12-7-3-2-4-8-12/h2-4,7-8,11,13H,5-6,9-10,14H2,1H3/t11-,13-/m0/s1. The smallest absolute Gasteiger partial charge is 0.0496 e. The fraction of sp³-hybridized carbons (Fsp3) is 0.538. The van der Waals surface area contributed by atoms with E-state index >= 15 is 0 Å². The summed E-state index contributed by atoms with van der Waals surface area (Å²) in [5.41, 5.74) is 7.46. The van der Waals surface area contributed by atoms with Crippen LogP contribution in [-0.4, -0.2) is 24.0 Å². The maximum Gasteiger partial charge on any atom is 0.0496 e. The van der Waals surface area contributed by atoms with Crippen molar-refractivity contribution < 1.29 is 0 Å². The van der Waals surface area contributed by atoms with Crippen LogP contribution in [0.15, 0.2) is 30.3 Å². The predicted molar refractivity (Wildman–Crippen MR) is 63.6 cm³/mol. The van der Waals surface area contributed by atoms with Crippen molar-refractivity contribution in [2.75, 3.05) is 13.1 Å². The Morgan fingerprint density at radius 3 is 2.27 bits per heavy atom. The van der Waals surface area contributed by atoms with Crippen LogP contribution in [0, 0.1) is 0 Å². The minimum absolute atomic E-state index is 0.200. The Morgan fingerprint density at radius 2 is 1.73 bits per heavy atom. The van der Waals surface area contributed by atoms with Gasteiger partial charge in [-0.3, -0.25) is 4.90 Å². The molecule has 1 aliphatic rings. The van der Waals surface area contributed by atoms with Gasteiger partial charge < -0.3 is 5.73 Å². The Hall–Kier alpha value is -0.860. The SMILES string of the molecule is C[C@H](N)[C@@H](c1ccccc1)N1CCCC1. The predicted octanol–water partition coefficient (Wildman–Crippen LogP) is 2.17. The molecule has 0 unspecified atom stereocenters. The summed E-state index contributed by atoms with van der Waals surface area (Å²) >= 11 is 0. The van der Waals surface area contributed by atoms with Crippen molar-refractivity contribution in [1.29, 1.82) is 0 Å². The van der Waals surface area contributed by atoms with Gasteiger partial charge in [0.05, 0.1) is 0 Å². The van der Waals surface area contributed by atoms with Gasteiger partial charge in [0, 0.05) is 12.1 Å². The molecule has 1 aromatic rings. The third-order valence-corrected chi connectivity index (χ3v) is 3.17. The second-order valence-electron chi connectivity index (χ2n) is 4.46. The monoisotopic (exact) mass is 204 g/mol. The van der Waals surface area contributed by atoms with Crippen molar-refractivity contribution in [3.05, 3.63) is 35.9 Å². The fourth-order valence-corrected chi connectivity index (χ4v) is 2.52. The molecule has 0 aliphatic carbocycles. The van der Waals surface area contributed by atoms with Gasteiger partial charge in [0.2, 0.25) is 0 Å². The molecule has 1 heterocycles. The van der Waals surface area contributed by atoms with E-state index in [1.54, 1.807) is 0 Å². The van der Waals surface area contributed by atoms with Gasteiger partial charge in [-0.2, -0.15) is 0 Å². The van der Waals surface area contributed by atoms with Gasteiger partial charge in [-0.1, -0.05) is 30.3 Å². The Bertz CT molecular complexity index is 289. The van der Waals surface area contributed by atoms with E-state index in [9.17, 15) is 0 Å². The zero-order valence-electron chi connectivity index (χ0n) is 9.39. The van der Waals surface area contributed by atoms with E-state index in [1.165, 1.54) is 31.5 Å². The molecule has 1 aliphatic heterocycles. The van der Waals surface area contributed by atoms with Crippen molar-refractivity contribution in [1.82, 2.24) is 4.90 Å². The van der Waals surface area contributed by atoms with E-state index in [0.29, 0.717) is 6.04 Å². The van der Waals surface area contributed by atoms with Crippen LogP contribution < -0.4 is 5.73 Å². The summed E-state index contributed by atoms with van der Waals surface area (Å²) in [6, 6.07) is 11.2. The third kappa shape index (κ3) is 2.39. The highest BCUT2D eigenvalue weighted by Crippen LogP contribution is 2.26. The minimum atomic E-state index is 0.200. The molecule has 0 saturated carbocycles. The summed E-state index contributed by atoms with van der Waals surface area (Å²) in [7, 11) is 0. The third-order valence-electron chi connectivity index (χ3n) is 3.17. The number of nitrogens with zero attached hydrogens (tertiary/aromatic N) is 1. The van der Waals surface area contributed by atoms with Crippen LogP contribution in [0.5, 0.6) is 0 Å². The van der Waals surface area contributed by atoms with Crippen LogP contribution in [0.3, 0.4) is 0 Å². The number of likely N-dealkylation sites (tertiary alicyclic amines) is 1. The van der Waals surface area contributed by atoms with Gasteiger partial charge in [0.1, 0.15) is 0 Å². The van der Waals surface area contributed by atoms with Gasteiger partial charge in [0.15, 0.2) is 0 Å². The van der Waals surface area contributed by atoms with Crippen LogP contribution in [0.1, 0.15) is 31.4 Å². The van der Waals surface area contributed by atoms with E-state index in [4.69, 9.17) is 5.73 Å². The molecule has 1 saturated heterocycles. The molecule has 15 heavy (non-hydrogen) atoms. The van der Waals surface area contributed by atoms with Crippen LogP contribution in [-0.2, 0) is 0 Å². The number of rotatable bonds is 3. The molecule has 0 spiro atoms. The summed E-state index contributed by atoms with van der Waals surface area (Å²) in [6.45, 7) is 4.50. The van der Waals surface area contributed by atoms with E-state index < -0.39 is 0 Å². The van der Waals surface area contributed by atoms with E-state index in [0.717, 1.165) is 0 Å². The zero-order chi connectivity index (χ0) is 10.7. The van der Waals surface area contributed by atoms with E-state index in [1.807, 2.05) is 0 Å². The normalized spacial score (nSPS) is 21.5. The minimum Gasteiger partial charge on any atom is -0.326 e. The molecule has 2 N–H and O–H groups in total. The average molecular weight is 204 g/mol. The number of nitrogens with two attached hydrogens (primary N) is 1. The number of hydrogen-bond donors (Lipinski definition) is 1. The lowest BCUT2D eigenvalue weighted by atomic mass is 10.00. The van der Waals surface area contributed by atoms with E-state index in [2.05, 4.69) is 42.2 Å². The number of benzene rings is 1. The first-order valence-electron chi connectivity index (χ1n) is 5.83. The highest BCUT2D eigenvalue weighted by atomic mass is 15.2. The lowest BCUT2D eigenvalue weighted by Crippen LogP contribution is -2.37. The Kier molecular flexibility index (Phi) is 3.39. The fourth-order valence-electron chi connectivity index (χ4n) is 2.52. The molecule has 2 rings (SSSR count). The summed E-state index contributed by atoms with van der Waals surface area (Å²) in [6.07, 6.45) is 2.63. The van der Waals surface area contributed by atoms with Crippen molar-refractivity contribution in [2.45, 2.75) is 31.8 Å². The second-order valence-corrected chi connectivity index (χ2v) is 4.46. The van der Waals surface area contributed by atoms with Gasteiger partial charge >= 0.3 is 0 Å². The first-order valence-corrected chi connectivity index (χ1v) is 5.83. The maximum atomic E-state index is 6.11. The van der Waals surface area contributed by atoms with Gasteiger partial charge in [-0.15, -0.1) is 0 Å². The van der Waals surface area contributed by atoms with Crippen LogP contribution >= 0.6 is 0 Å². The van der Waals surface area contributed by atoms with Gasteiger partial charge in [-0.25, -0.2) is 0 Å². The highest BCUT2D eigenvalue weighted by Gasteiger charge is 2.25. The average Bonchev–Trinajstić information content (AvgIpc) is 2.72. The molecule has 82 valence electrons. The topological polar surface area (TPSA) is 29.3 Å². The summed E-state index contributed by atoms with van der Waals surface area (Å²) < 4.78 is 0. The van der Waals surface area contributed by atoms with Crippen LogP contribution in [0.2, 0.25) is 0 Å². The Morgan fingerprint density at radius 1 is 1.13 bits per heavy atom. The molecule has 1 fully saturated rings. The summed E-state index contributed by atoms with van der Waals surface area (Å²) in [5, 5.41) is 0. The Balaban J connectivity index is 2.19. The zero-order valence-corrected chi connectivity index (χ0v) is 9.39. The molecule has 0 aromatic heterocycles. The first-order chi connectivity index (χ1) is 7.29. The molecular formula is C13H20N2. The summed E-state index contributed by atoms with van der Waals surface area (Å²) in [5.74, 6) is 0. The molecular weight excluding hydrogens is 184 g/mol. The largest absolute Gasteiger partial charge is 0.326 e. The molecule has 0 amide bonds. The molecule has 0 bridgehead atoms. The molecule has 2 heteroatoms. The van der Waals surface area contributed by atoms with Gasteiger partial charge in [-0.05, 0) is 38.4 Å².